The van der Waals surface area contributed by atoms with Crippen molar-refractivity contribution in [2.45, 2.75) is 58.1 Å². The van der Waals surface area contributed by atoms with Gasteiger partial charge in [0.25, 0.3) is 0 Å². The van der Waals surface area contributed by atoms with E-state index >= 15 is 0 Å². The summed E-state index contributed by atoms with van der Waals surface area (Å²) in [5.74, 6) is -2.53. The van der Waals surface area contributed by atoms with Gasteiger partial charge in [-0.15, -0.1) is 0 Å². The molecule has 0 saturated carbocycles. The Morgan fingerprint density at radius 1 is 0.944 bits per heavy atom. The van der Waals surface area contributed by atoms with Crippen LogP contribution in [0.3, 0.4) is 0 Å². The number of benzene rings is 2. The highest BCUT2D eigenvalue weighted by molar-refractivity contribution is 7.89. The molecule has 0 radical (unpaired) electrons. The van der Waals surface area contributed by atoms with Crippen molar-refractivity contribution in [3.63, 3.8) is 0 Å². The first-order valence-corrected chi connectivity index (χ1v) is 13.5. The molecule has 9 heteroatoms. The number of sulfonamides is 1. The molecule has 3 atom stereocenters. The standard InChI is InChI=1S/C27H38N2O6S/c1-19(2)17-29(36(34,35)22-14-10-7-11-15-22)18-24(30)23(16-21-12-8-6-9-13-21)28-25(31)20(3)27(4,5)26(32)33/h6-15,19-20,23-24,30H,16-18H2,1-5H3,(H,28,31)(H,32,33)/t20?,23-,24+/m0/s1. The van der Waals surface area contributed by atoms with Gasteiger partial charge >= 0.3 is 5.97 Å². The predicted octanol–water partition coefficient (Wildman–Crippen LogP) is 3.17. The van der Waals surface area contributed by atoms with E-state index in [1.165, 1.54) is 37.2 Å². The Labute approximate surface area is 214 Å². The van der Waals surface area contributed by atoms with Gasteiger partial charge in [-0.05, 0) is 43.9 Å². The van der Waals surface area contributed by atoms with Gasteiger partial charge in [0.05, 0.1) is 28.4 Å². The number of aliphatic hydroxyl groups excluding tert-OH is 1. The Kier molecular flexibility index (Phi) is 10.2. The van der Waals surface area contributed by atoms with Crippen molar-refractivity contribution in [2.75, 3.05) is 13.1 Å². The molecule has 1 unspecified atom stereocenters. The van der Waals surface area contributed by atoms with Crippen molar-refractivity contribution in [1.82, 2.24) is 9.62 Å². The van der Waals surface area contributed by atoms with Crippen LogP contribution in [0.2, 0.25) is 0 Å². The quantitative estimate of drug-likeness (QED) is 0.374. The van der Waals surface area contributed by atoms with Gasteiger partial charge in [0, 0.05) is 13.1 Å². The van der Waals surface area contributed by atoms with E-state index in [0.29, 0.717) is 0 Å². The second-order valence-electron chi connectivity index (χ2n) is 10.1. The number of hydrogen-bond donors (Lipinski definition) is 3. The number of hydrogen-bond acceptors (Lipinski definition) is 5. The summed E-state index contributed by atoms with van der Waals surface area (Å²) in [6.45, 7) is 8.20. The van der Waals surface area contributed by atoms with Crippen molar-refractivity contribution in [3.05, 3.63) is 66.2 Å². The Bertz CT molecular complexity index is 1100. The van der Waals surface area contributed by atoms with E-state index < -0.39 is 45.4 Å². The molecular formula is C27H38N2O6S. The van der Waals surface area contributed by atoms with E-state index in [2.05, 4.69) is 5.32 Å². The summed E-state index contributed by atoms with van der Waals surface area (Å²) in [5, 5.41) is 23.6. The third kappa shape index (κ3) is 7.62. The predicted molar refractivity (Wildman–Crippen MR) is 139 cm³/mol. The fourth-order valence-corrected chi connectivity index (χ4v) is 5.37. The number of carbonyl (C=O) groups excluding carboxylic acids is 1. The molecule has 0 aliphatic carbocycles. The fraction of sp³-hybridized carbons (Fsp3) is 0.481. The van der Waals surface area contributed by atoms with Crippen LogP contribution < -0.4 is 5.32 Å². The van der Waals surface area contributed by atoms with Gasteiger partial charge in [0.2, 0.25) is 15.9 Å². The maximum atomic E-state index is 13.4. The van der Waals surface area contributed by atoms with E-state index in [1.54, 1.807) is 18.2 Å². The third-order valence-electron chi connectivity index (χ3n) is 6.46. The molecule has 0 saturated heterocycles. The molecule has 8 nitrogen and oxygen atoms in total. The van der Waals surface area contributed by atoms with Crippen molar-refractivity contribution in [2.24, 2.45) is 17.3 Å². The lowest BCUT2D eigenvalue weighted by molar-refractivity contribution is -0.153. The monoisotopic (exact) mass is 518 g/mol. The van der Waals surface area contributed by atoms with Crippen LogP contribution in [-0.4, -0.2) is 60.0 Å². The average molecular weight is 519 g/mol. The Morgan fingerprint density at radius 2 is 1.47 bits per heavy atom. The zero-order chi connectivity index (χ0) is 27.1. The van der Waals surface area contributed by atoms with E-state index in [9.17, 15) is 28.2 Å². The molecule has 36 heavy (non-hydrogen) atoms. The summed E-state index contributed by atoms with van der Waals surface area (Å²) < 4.78 is 28.0. The minimum Gasteiger partial charge on any atom is -0.481 e. The van der Waals surface area contributed by atoms with Crippen molar-refractivity contribution in [1.29, 1.82) is 0 Å². The number of nitrogens with zero attached hydrogens (tertiary/aromatic N) is 1. The molecule has 0 aliphatic rings. The minimum atomic E-state index is -3.89. The molecule has 2 aromatic rings. The van der Waals surface area contributed by atoms with Gasteiger partial charge in [-0.1, -0.05) is 69.3 Å². The van der Waals surface area contributed by atoms with Crippen LogP contribution in [0.1, 0.15) is 40.2 Å². The minimum absolute atomic E-state index is 0.00533. The highest BCUT2D eigenvalue weighted by atomic mass is 32.2. The molecule has 198 valence electrons. The molecule has 2 rings (SSSR count). The van der Waals surface area contributed by atoms with Gasteiger partial charge < -0.3 is 15.5 Å². The second-order valence-corrected chi connectivity index (χ2v) is 12.1. The molecule has 0 aromatic heterocycles. The lowest BCUT2D eigenvalue weighted by Crippen LogP contribution is -2.53. The van der Waals surface area contributed by atoms with E-state index in [4.69, 9.17) is 0 Å². The Balaban J connectivity index is 2.35. The molecule has 1 amide bonds. The lowest BCUT2D eigenvalue weighted by atomic mass is 9.79. The largest absolute Gasteiger partial charge is 0.481 e. The lowest BCUT2D eigenvalue weighted by Gasteiger charge is -2.33. The number of carboxylic acid groups (broad SMARTS) is 1. The van der Waals surface area contributed by atoms with Crippen LogP contribution in [0.4, 0.5) is 0 Å². The van der Waals surface area contributed by atoms with Gasteiger partial charge in [-0.2, -0.15) is 4.31 Å². The zero-order valence-electron chi connectivity index (χ0n) is 21.6. The molecular weight excluding hydrogens is 480 g/mol. The molecule has 0 aliphatic heterocycles. The normalized spacial score (nSPS) is 14.9. The molecule has 3 N–H and O–H groups in total. The average Bonchev–Trinajstić information content (AvgIpc) is 2.83. The van der Waals surface area contributed by atoms with Gasteiger partial charge in [0.15, 0.2) is 0 Å². The van der Waals surface area contributed by atoms with Crippen molar-refractivity contribution < 1.29 is 28.2 Å². The second kappa shape index (κ2) is 12.5. The molecule has 2 aromatic carbocycles. The molecule has 0 heterocycles. The van der Waals surface area contributed by atoms with E-state index in [-0.39, 0.29) is 30.3 Å². The Morgan fingerprint density at radius 3 is 1.97 bits per heavy atom. The van der Waals surface area contributed by atoms with Gasteiger partial charge in [-0.25, -0.2) is 8.42 Å². The summed E-state index contributed by atoms with van der Waals surface area (Å²) in [7, 11) is -3.89. The van der Waals surface area contributed by atoms with Crippen LogP contribution >= 0.6 is 0 Å². The van der Waals surface area contributed by atoms with E-state index in [1.807, 2.05) is 44.2 Å². The van der Waals surface area contributed by atoms with Gasteiger partial charge in [0.1, 0.15) is 0 Å². The summed E-state index contributed by atoms with van der Waals surface area (Å²) in [4.78, 5) is 24.9. The number of amides is 1. The first-order valence-electron chi connectivity index (χ1n) is 12.1. The van der Waals surface area contributed by atoms with Crippen LogP contribution in [-0.2, 0) is 26.0 Å². The summed E-state index contributed by atoms with van der Waals surface area (Å²) in [5.41, 5.74) is -0.486. The third-order valence-corrected chi connectivity index (χ3v) is 8.30. The number of aliphatic hydroxyl groups is 1. The maximum Gasteiger partial charge on any atom is 0.309 e. The number of aliphatic carboxylic acids is 1. The summed E-state index contributed by atoms with van der Waals surface area (Å²) in [6, 6.07) is 16.4. The fourth-order valence-electron chi connectivity index (χ4n) is 3.73. The van der Waals surface area contributed by atoms with Gasteiger partial charge in [-0.3, -0.25) is 9.59 Å². The first-order chi connectivity index (χ1) is 16.8. The smallest absolute Gasteiger partial charge is 0.309 e. The summed E-state index contributed by atoms with van der Waals surface area (Å²) in [6.07, 6.45) is -0.999. The molecule has 0 bridgehead atoms. The number of rotatable bonds is 13. The van der Waals surface area contributed by atoms with E-state index in [0.717, 1.165) is 5.56 Å². The number of carbonyl (C=O) groups is 2. The molecule has 0 spiro atoms. The highest BCUT2D eigenvalue weighted by Gasteiger charge is 2.40. The zero-order valence-corrected chi connectivity index (χ0v) is 22.4. The van der Waals surface area contributed by atoms with Crippen LogP contribution in [0.5, 0.6) is 0 Å². The maximum absolute atomic E-state index is 13.4. The van der Waals surface area contributed by atoms with Crippen LogP contribution in [0.15, 0.2) is 65.6 Å². The number of nitrogens with one attached hydrogen (secondary N) is 1. The topological polar surface area (TPSA) is 124 Å². The summed E-state index contributed by atoms with van der Waals surface area (Å²) >= 11 is 0. The first kappa shape index (κ1) is 29.5. The Hall–Kier alpha value is -2.75. The van der Waals surface area contributed by atoms with Crippen molar-refractivity contribution >= 4 is 21.9 Å². The SMILES string of the molecule is CC(C)CN(C[C@@H](O)[C@H](Cc1ccccc1)NC(=O)C(C)C(C)(C)C(=O)O)S(=O)(=O)c1ccccc1. The van der Waals surface area contributed by atoms with Crippen LogP contribution in [0, 0.1) is 17.3 Å². The molecule has 0 fully saturated rings. The number of carboxylic acids is 1. The highest BCUT2D eigenvalue weighted by Crippen LogP contribution is 2.27. The van der Waals surface area contributed by atoms with Crippen molar-refractivity contribution in [3.8, 4) is 0 Å². The van der Waals surface area contributed by atoms with Crippen LogP contribution in [0.25, 0.3) is 0 Å².